The molecular weight excluding hydrogens is 332 g/mol. The number of carbonyl (C=O) groups is 1. The van der Waals surface area contributed by atoms with Crippen LogP contribution in [0.2, 0.25) is 0 Å². The summed E-state index contributed by atoms with van der Waals surface area (Å²) in [5.41, 5.74) is 1.26. The van der Waals surface area contributed by atoms with Gasteiger partial charge in [-0.15, -0.1) is 0 Å². The predicted octanol–water partition coefficient (Wildman–Crippen LogP) is 3.96. The Hall–Kier alpha value is -2.40. The highest BCUT2D eigenvalue weighted by atomic mass is 79.9. The molecular formula is C16H11BrN2O2. The molecule has 2 N–H and O–H groups in total. The molecule has 3 rings (SSSR count). The minimum absolute atomic E-state index is 0.111. The number of aromatic nitrogens is 1. The number of aromatic hydroxyl groups is 1. The SMILES string of the molecule is O=C(Nc1cccc(Br)c1)c1ccc2cccnc2c1O. The summed E-state index contributed by atoms with van der Waals surface area (Å²) < 4.78 is 0.865. The van der Waals surface area contributed by atoms with Gasteiger partial charge in [0, 0.05) is 21.7 Å². The number of hydrogen-bond donors (Lipinski definition) is 2. The van der Waals surface area contributed by atoms with E-state index in [2.05, 4.69) is 26.2 Å². The summed E-state index contributed by atoms with van der Waals surface area (Å²) in [5, 5.41) is 13.8. The molecule has 1 aromatic heterocycles. The zero-order valence-electron chi connectivity index (χ0n) is 10.9. The number of fused-ring (bicyclic) bond motifs is 1. The van der Waals surface area contributed by atoms with Crippen LogP contribution >= 0.6 is 15.9 Å². The van der Waals surface area contributed by atoms with Crippen LogP contribution in [0.3, 0.4) is 0 Å². The Morgan fingerprint density at radius 2 is 2.00 bits per heavy atom. The van der Waals surface area contributed by atoms with E-state index in [-0.39, 0.29) is 17.2 Å². The zero-order chi connectivity index (χ0) is 14.8. The molecule has 21 heavy (non-hydrogen) atoms. The van der Waals surface area contributed by atoms with E-state index >= 15 is 0 Å². The van der Waals surface area contributed by atoms with E-state index in [1.165, 1.54) is 0 Å². The maximum atomic E-state index is 12.3. The van der Waals surface area contributed by atoms with E-state index in [0.717, 1.165) is 9.86 Å². The molecule has 0 saturated heterocycles. The third-order valence-electron chi connectivity index (χ3n) is 3.08. The molecule has 1 heterocycles. The number of pyridine rings is 1. The third kappa shape index (κ3) is 2.73. The number of rotatable bonds is 2. The van der Waals surface area contributed by atoms with Crippen LogP contribution in [0.4, 0.5) is 5.69 Å². The van der Waals surface area contributed by atoms with Crippen molar-refractivity contribution in [2.24, 2.45) is 0 Å². The number of halogens is 1. The van der Waals surface area contributed by atoms with Crippen molar-refractivity contribution in [1.29, 1.82) is 0 Å². The van der Waals surface area contributed by atoms with Gasteiger partial charge in [-0.2, -0.15) is 0 Å². The highest BCUT2D eigenvalue weighted by Gasteiger charge is 2.14. The second-order valence-electron chi connectivity index (χ2n) is 4.50. The fourth-order valence-corrected chi connectivity index (χ4v) is 2.48. The van der Waals surface area contributed by atoms with Crippen LogP contribution in [-0.2, 0) is 0 Å². The van der Waals surface area contributed by atoms with E-state index in [9.17, 15) is 9.90 Å². The number of amides is 1. The number of anilines is 1. The Labute approximate surface area is 129 Å². The summed E-state index contributed by atoms with van der Waals surface area (Å²) >= 11 is 3.34. The molecule has 0 aliphatic carbocycles. The van der Waals surface area contributed by atoms with Crippen molar-refractivity contribution < 1.29 is 9.90 Å². The van der Waals surface area contributed by atoms with Gasteiger partial charge in [-0.3, -0.25) is 9.78 Å². The lowest BCUT2D eigenvalue weighted by Crippen LogP contribution is -2.12. The topological polar surface area (TPSA) is 62.2 Å². The molecule has 0 bridgehead atoms. The Morgan fingerprint density at radius 1 is 1.14 bits per heavy atom. The van der Waals surface area contributed by atoms with Crippen LogP contribution in [-0.4, -0.2) is 16.0 Å². The summed E-state index contributed by atoms with van der Waals surface area (Å²) in [7, 11) is 0. The molecule has 0 atom stereocenters. The summed E-state index contributed by atoms with van der Waals surface area (Å²) in [6.45, 7) is 0. The summed E-state index contributed by atoms with van der Waals surface area (Å²) in [4.78, 5) is 16.4. The molecule has 5 heteroatoms. The van der Waals surface area contributed by atoms with Gasteiger partial charge in [0.2, 0.25) is 0 Å². The lowest BCUT2D eigenvalue weighted by atomic mass is 10.1. The number of phenolic OH excluding ortho intramolecular Hbond substituents is 1. The standard InChI is InChI=1S/C16H11BrN2O2/c17-11-4-1-5-12(9-11)19-16(21)13-7-6-10-3-2-8-18-14(10)15(13)20/h1-9,20H,(H,19,21). The van der Waals surface area contributed by atoms with Crippen molar-refractivity contribution in [1.82, 2.24) is 4.98 Å². The van der Waals surface area contributed by atoms with E-state index in [0.29, 0.717) is 11.2 Å². The Kier molecular flexibility index (Phi) is 3.58. The Balaban J connectivity index is 1.96. The van der Waals surface area contributed by atoms with E-state index in [1.807, 2.05) is 18.2 Å². The van der Waals surface area contributed by atoms with Gasteiger partial charge in [-0.1, -0.05) is 34.1 Å². The third-order valence-corrected chi connectivity index (χ3v) is 3.57. The molecule has 104 valence electrons. The first-order chi connectivity index (χ1) is 10.1. The molecule has 4 nitrogen and oxygen atoms in total. The van der Waals surface area contributed by atoms with Crippen LogP contribution in [0, 0.1) is 0 Å². The second-order valence-corrected chi connectivity index (χ2v) is 5.42. The molecule has 3 aromatic rings. The molecule has 1 amide bonds. The van der Waals surface area contributed by atoms with Gasteiger partial charge in [0.1, 0.15) is 5.52 Å². The normalized spacial score (nSPS) is 10.5. The molecule has 0 aliphatic heterocycles. The Morgan fingerprint density at radius 3 is 2.81 bits per heavy atom. The van der Waals surface area contributed by atoms with Gasteiger partial charge in [0.25, 0.3) is 5.91 Å². The lowest BCUT2D eigenvalue weighted by molar-refractivity contribution is 0.102. The molecule has 0 aliphatic rings. The largest absolute Gasteiger partial charge is 0.505 e. The molecule has 0 fully saturated rings. The van der Waals surface area contributed by atoms with Crippen LogP contribution in [0.25, 0.3) is 10.9 Å². The van der Waals surface area contributed by atoms with Gasteiger partial charge in [0.15, 0.2) is 5.75 Å². The first-order valence-electron chi connectivity index (χ1n) is 6.29. The quantitative estimate of drug-likeness (QED) is 0.741. The predicted molar refractivity (Wildman–Crippen MR) is 85.5 cm³/mol. The molecule has 0 saturated carbocycles. The highest BCUT2D eigenvalue weighted by molar-refractivity contribution is 9.10. The number of nitrogens with zero attached hydrogens (tertiary/aromatic N) is 1. The van der Waals surface area contributed by atoms with Crippen LogP contribution in [0.15, 0.2) is 59.2 Å². The lowest BCUT2D eigenvalue weighted by Gasteiger charge is -2.08. The van der Waals surface area contributed by atoms with Crippen LogP contribution < -0.4 is 5.32 Å². The van der Waals surface area contributed by atoms with Gasteiger partial charge in [0.05, 0.1) is 5.56 Å². The number of nitrogens with one attached hydrogen (secondary N) is 1. The van der Waals surface area contributed by atoms with Crippen LogP contribution in [0.1, 0.15) is 10.4 Å². The molecule has 0 radical (unpaired) electrons. The van der Waals surface area contributed by atoms with Crippen molar-refractivity contribution in [3.8, 4) is 5.75 Å². The smallest absolute Gasteiger partial charge is 0.259 e. The van der Waals surface area contributed by atoms with Crippen molar-refractivity contribution in [3.63, 3.8) is 0 Å². The summed E-state index contributed by atoms with van der Waals surface area (Å²) in [5.74, 6) is -0.487. The highest BCUT2D eigenvalue weighted by Crippen LogP contribution is 2.27. The van der Waals surface area contributed by atoms with Gasteiger partial charge in [-0.25, -0.2) is 0 Å². The van der Waals surface area contributed by atoms with Gasteiger partial charge >= 0.3 is 0 Å². The first kappa shape index (κ1) is 13.6. The number of hydrogen-bond acceptors (Lipinski definition) is 3. The van der Waals surface area contributed by atoms with Crippen molar-refractivity contribution in [2.75, 3.05) is 5.32 Å². The van der Waals surface area contributed by atoms with Gasteiger partial charge in [-0.05, 0) is 30.3 Å². The van der Waals surface area contributed by atoms with Crippen LogP contribution in [0.5, 0.6) is 5.75 Å². The number of phenols is 1. The maximum Gasteiger partial charge on any atom is 0.259 e. The molecule has 0 spiro atoms. The first-order valence-corrected chi connectivity index (χ1v) is 7.08. The monoisotopic (exact) mass is 342 g/mol. The summed E-state index contributed by atoms with van der Waals surface area (Å²) in [6.07, 6.45) is 1.58. The minimum Gasteiger partial charge on any atom is -0.505 e. The average molecular weight is 343 g/mol. The maximum absolute atomic E-state index is 12.3. The fraction of sp³-hybridized carbons (Fsp3) is 0. The minimum atomic E-state index is -0.377. The molecule has 0 unspecified atom stereocenters. The second kappa shape index (κ2) is 5.54. The number of carbonyl (C=O) groups excluding carboxylic acids is 1. The van der Waals surface area contributed by atoms with E-state index in [1.54, 1.807) is 36.5 Å². The van der Waals surface area contributed by atoms with Crippen molar-refractivity contribution in [3.05, 3.63) is 64.8 Å². The zero-order valence-corrected chi connectivity index (χ0v) is 12.5. The summed E-state index contributed by atoms with van der Waals surface area (Å²) in [6, 6.07) is 14.2. The average Bonchev–Trinajstić information content (AvgIpc) is 2.48. The molecule has 2 aromatic carbocycles. The fourth-order valence-electron chi connectivity index (χ4n) is 2.08. The number of benzene rings is 2. The van der Waals surface area contributed by atoms with E-state index in [4.69, 9.17) is 0 Å². The Bertz CT molecular complexity index is 833. The van der Waals surface area contributed by atoms with E-state index < -0.39 is 0 Å². The van der Waals surface area contributed by atoms with Gasteiger partial charge < -0.3 is 10.4 Å². The van der Waals surface area contributed by atoms with Crippen molar-refractivity contribution >= 4 is 38.4 Å². The van der Waals surface area contributed by atoms with Crippen molar-refractivity contribution in [2.45, 2.75) is 0 Å².